The van der Waals surface area contributed by atoms with E-state index in [0.717, 1.165) is 32.5 Å². The molecule has 0 aromatic heterocycles. The van der Waals surface area contributed by atoms with Gasteiger partial charge in [0.1, 0.15) is 6.04 Å². The lowest BCUT2D eigenvalue weighted by atomic mass is 9.74. The SMILES string of the molecule is CC(C)C[C@H](CO)N1C(=O)[C@@H]2[C@@H]3C(=O)OCCC/C=C\[C@]3(C)S[C@@]23C=CCN(CCN2CCOCC2)C(=O)C13. The van der Waals surface area contributed by atoms with Gasteiger partial charge >= 0.3 is 5.97 Å². The van der Waals surface area contributed by atoms with E-state index in [1.54, 1.807) is 16.7 Å². The minimum absolute atomic E-state index is 0.105. The van der Waals surface area contributed by atoms with Crippen LogP contribution in [0.4, 0.5) is 0 Å². The highest BCUT2D eigenvalue weighted by Gasteiger charge is 2.74. The molecule has 2 amide bonds. The predicted octanol–water partition coefficient (Wildman–Crippen LogP) is 1.70. The summed E-state index contributed by atoms with van der Waals surface area (Å²) in [5, 5.41) is 10.5. The van der Waals surface area contributed by atoms with Crippen molar-refractivity contribution in [2.24, 2.45) is 17.8 Å². The molecule has 1 spiro atoms. The van der Waals surface area contributed by atoms with E-state index in [4.69, 9.17) is 9.47 Å². The van der Waals surface area contributed by atoms with Crippen LogP contribution < -0.4 is 0 Å². The number of esters is 1. The topological polar surface area (TPSA) is 99.6 Å². The Kier molecular flexibility index (Phi) is 8.48. The number of amides is 2. The molecule has 0 aromatic rings. The Morgan fingerprint density at radius 1 is 1.05 bits per heavy atom. The molecule has 0 radical (unpaired) electrons. The zero-order valence-electron chi connectivity index (χ0n) is 23.4. The average molecular weight is 562 g/mol. The fraction of sp³-hybridized carbons (Fsp3) is 0.759. The molecule has 1 unspecified atom stereocenters. The maximum Gasteiger partial charge on any atom is 0.311 e. The smallest absolute Gasteiger partial charge is 0.311 e. The number of fused-ring (bicyclic) bond motifs is 2. The molecule has 216 valence electrons. The van der Waals surface area contributed by atoms with E-state index in [0.29, 0.717) is 39.3 Å². The fourth-order valence-electron chi connectivity index (χ4n) is 7.12. The van der Waals surface area contributed by atoms with Crippen molar-refractivity contribution < 1.29 is 29.0 Å². The van der Waals surface area contributed by atoms with Crippen molar-refractivity contribution in [2.45, 2.75) is 61.6 Å². The van der Waals surface area contributed by atoms with Crippen LogP contribution in [0.1, 0.15) is 40.0 Å². The molecule has 5 rings (SSSR count). The van der Waals surface area contributed by atoms with Gasteiger partial charge in [-0.1, -0.05) is 38.2 Å². The van der Waals surface area contributed by atoms with Gasteiger partial charge in [0, 0.05) is 37.5 Å². The second-order valence-corrected chi connectivity index (χ2v) is 13.9. The van der Waals surface area contributed by atoms with E-state index in [-0.39, 0.29) is 30.3 Å². The molecule has 0 bridgehead atoms. The quantitative estimate of drug-likeness (QED) is 0.371. The number of likely N-dealkylation sites (tertiary alicyclic amines) is 1. The zero-order chi connectivity index (χ0) is 27.8. The molecule has 0 aliphatic carbocycles. The van der Waals surface area contributed by atoms with Crippen LogP contribution in [-0.4, -0.2) is 118 Å². The van der Waals surface area contributed by atoms with E-state index in [2.05, 4.69) is 30.9 Å². The van der Waals surface area contributed by atoms with Crippen LogP contribution in [0.3, 0.4) is 0 Å². The van der Waals surface area contributed by atoms with Gasteiger partial charge in [0.05, 0.1) is 49.1 Å². The van der Waals surface area contributed by atoms with E-state index in [1.807, 2.05) is 24.0 Å². The lowest BCUT2D eigenvalue weighted by molar-refractivity contribution is -0.154. The van der Waals surface area contributed by atoms with Crippen molar-refractivity contribution >= 4 is 29.5 Å². The molecular weight excluding hydrogens is 518 g/mol. The maximum absolute atomic E-state index is 14.5. The second kappa shape index (κ2) is 11.5. The van der Waals surface area contributed by atoms with Crippen LogP contribution in [0.25, 0.3) is 0 Å². The summed E-state index contributed by atoms with van der Waals surface area (Å²) in [5.74, 6) is -1.94. The molecule has 1 N–H and O–H groups in total. The lowest BCUT2D eigenvalue weighted by Crippen LogP contribution is -2.57. The number of rotatable bonds is 7. The third kappa shape index (κ3) is 5.18. The first-order valence-electron chi connectivity index (χ1n) is 14.5. The Hall–Kier alpha value is -1.88. The number of aliphatic hydroxyl groups excluding tert-OH is 1. The van der Waals surface area contributed by atoms with Crippen LogP contribution in [0.2, 0.25) is 0 Å². The van der Waals surface area contributed by atoms with Crippen LogP contribution in [0, 0.1) is 17.8 Å². The lowest BCUT2D eigenvalue weighted by Gasteiger charge is -2.40. The van der Waals surface area contributed by atoms with Gasteiger partial charge in [-0.2, -0.15) is 0 Å². The van der Waals surface area contributed by atoms with Crippen LogP contribution >= 0.6 is 11.8 Å². The van der Waals surface area contributed by atoms with Crippen LogP contribution in [0.15, 0.2) is 24.3 Å². The highest BCUT2D eigenvalue weighted by molar-refractivity contribution is 8.02. The Balaban J connectivity index is 1.55. The molecule has 5 aliphatic heterocycles. The van der Waals surface area contributed by atoms with Gasteiger partial charge in [-0.15, -0.1) is 11.8 Å². The molecule has 10 heteroatoms. The first kappa shape index (κ1) is 28.6. The van der Waals surface area contributed by atoms with Crippen molar-refractivity contribution in [3.05, 3.63) is 24.3 Å². The average Bonchev–Trinajstić information content (AvgIpc) is 3.27. The summed E-state index contributed by atoms with van der Waals surface area (Å²) in [6.07, 6.45) is 10.3. The summed E-state index contributed by atoms with van der Waals surface area (Å²) in [4.78, 5) is 48.3. The van der Waals surface area contributed by atoms with Gasteiger partial charge in [-0.3, -0.25) is 19.3 Å². The van der Waals surface area contributed by atoms with Crippen molar-refractivity contribution in [1.82, 2.24) is 14.7 Å². The Morgan fingerprint density at radius 3 is 2.54 bits per heavy atom. The largest absolute Gasteiger partial charge is 0.465 e. The number of carbonyl (C=O) groups is 3. The highest BCUT2D eigenvalue weighted by Crippen LogP contribution is 2.65. The molecule has 3 saturated heterocycles. The summed E-state index contributed by atoms with van der Waals surface area (Å²) in [5.41, 5.74) is 0. The Morgan fingerprint density at radius 2 is 1.82 bits per heavy atom. The fourth-order valence-corrected chi connectivity index (χ4v) is 9.26. The number of hydrogen-bond acceptors (Lipinski definition) is 8. The Labute approximate surface area is 235 Å². The van der Waals surface area contributed by atoms with Crippen LogP contribution in [-0.2, 0) is 23.9 Å². The summed E-state index contributed by atoms with van der Waals surface area (Å²) in [7, 11) is 0. The minimum Gasteiger partial charge on any atom is -0.465 e. The highest BCUT2D eigenvalue weighted by atomic mass is 32.2. The molecule has 0 aromatic carbocycles. The van der Waals surface area contributed by atoms with Crippen molar-refractivity contribution in [2.75, 3.05) is 59.2 Å². The molecule has 5 aliphatic rings. The summed E-state index contributed by atoms with van der Waals surface area (Å²) >= 11 is 1.56. The van der Waals surface area contributed by atoms with E-state index >= 15 is 0 Å². The number of nitrogens with zero attached hydrogens (tertiary/aromatic N) is 3. The standard InChI is InChI=1S/C29H43N3O6S/c1-20(2)18-21(19-33)32-24-26(35)31(12-11-30-13-16-37-17-14-30)10-7-9-29(24)22(25(32)34)23-27(36)38-15-6-4-5-8-28(23,3)39-29/h5,7-9,20-24,33H,4,6,10-19H2,1-3H3/b8-5-/t21-,22+,23-,24?,28+,29+/m1/s1. The third-order valence-electron chi connectivity index (χ3n) is 8.91. The number of hydrogen-bond donors (Lipinski definition) is 1. The van der Waals surface area contributed by atoms with Gasteiger partial charge < -0.3 is 24.4 Å². The van der Waals surface area contributed by atoms with Crippen molar-refractivity contribution in [3.63, 3.8) is 0 Å². The number of cyclic esters (lactones) is 1. The van der Waals surface area contributed by atoms with Gasteiger partial charge in [-0.05, 0) is 32.1 Å². The normalized spacial score (nSPS) is 36.9. The summed E-state index contributed by atoms with van der Waals surface area (Å²) < 4.78 is 9.56. The molecule has 0 saturated carbocycles. The molecule has 3 fully saturated rings. The number of morpholine rings is 1. The zero-order valence-corrected chi connectivity index (χ0v) is 24.2. The number of thioether (sulfide) groups is 1. The van der Waals surface area contributed by atoms with Crippen LogP contribution in [0.5, 0.6) is 0 Å². The molecular formula is C29H43N3O6S. The predicted molar refractivity (Wildman–Crippen MR) is 149 cm³/mol. The monoisotopic (exact) mass is 561 g/mol. The third-order valence-corrected chi connectivity index (χ3v) is 10.7. The van der Waals surface area contributed by atoms with Gasteiger partial charge in [0.15, 0.2) is 0 Å². The van der Waals surface area contributed by atoms with Gasteiger partial charge in [0.2, 0.25) is 11.8 Å². The maximum atomic E-state index is 14.5. The summed E-state index contributed by atoms with van der Waals surface area (Å²) in [6, 6.07) is -1.30. The van der Waals surface area contributed by atoms with E-state index in [1.165, 1.54) is 0 Å². The number of ether oxygens (including phenoxy) is 2. The first-order valence-corrected chi connectivity index (χ1v) is 15.3. The van der Waals surface area contributed by atoms with Gasteiger partial charge in [0.25, 0.3) is 0 Å². The minimum atomic E-state index is -0.922. The van der Waals surface area contributed by atoms with E-state index < -0.39 is 33.4 Å². The molecule has 39 heavy (non-hydrogen) atoms. The number of allylic oxidation sites excluding steroid dienone is 1. The molecule has 5 heterocycles. The number of carbonyl (C=O) groups excluding carboxylic acids is 3. The molecule has 9 nitrogen and oxygen atoms in total. The second-order valence-electron chi connectivity index (χ2n) is 12.1. The number of aliphatic hydroxyl groups is 1. The van der Waals surface area contributed by atoms with Crippen molar-refractivity contribution in [1.29, 1.82) is 0 Å². The van der Waals surface area contributed by atoms with Crippen molar-refractivity contribution in [3.8, 4) is 0 Å². The summed E-state index contributed by atoms with van der Waals surface area (Å²) in [6.45, 7) is 11.0. The Bertz CT molecular complexity index is 1010. The van der Waals surface area contributed by atoms with Gasteiger partial charge in [-0.25, -0.2) is 0 Å². The van der Waals surface area contributed by atoms with E-state index in [9.17, 15) is 19.5 Å². The first-order chi connectivity index (χ1) is 18.7. The molecule has 6 atom stereocenters.